The van der Waals surface area contributed by atoms with E-state index in [1.165, 1.54) is 12.1 Å². The minimum atomic E-state index is -0.316. The number of nitrogens with zero attached hydrogens (tertiary/aromatic N) is 2. The third kappa shape index (κ3) is 3.96. The number of halogens is 1. The van der Waals surface area contributed by atoms with Crippen molar-refractivity contribution in [2.24, 2.45) is 5.92 Å². The average molecular weight is 353 g/mol. The van der Waals surface area contributed by atoms with E-state index in [1.807, 2.05) is 26.0 Å². The van der Waals surface area contributed by atoms with Crippen molar-refractivity contribution in [2.75, 3.05) is 5.32 Å². The molecule has 1 aromatic heterocycles. The lowest BCUT2D eigenvalue weighted by Crippen LogP contribution is -2.21. The van der Waals surface area contributed by atoms with Gasteiger partial charge in [0.2, 0.25) is 11.7 Å². The van der Waals surface area contributed by atoms with Crippen molar-refractivity contribution >= 4 is 11.6 Å². The highest BCUT2D eigenvalue weighted by Gasteiger charge is 2.15. The maximum Gasteiger partial charge on any atom is 0.258 e. The molecular formula is C20H20FN3O2. The van der Waals surface area contributed by atoms with E-state index in [2.05, 4.69) is 15.5 Å². The van der Waals surface area contributed by atoms with Gasteiger partial charge in [-0.3, -0.25) is 4.79 Å². The van der Waals surface area contributed by atoms with Crippen LogP contribution in [0.4, 0.5) is 10.1 Å². The first kappa shape index (κ1) is 17.8. The number of aromatic nitrogens is 2. The molecule has 0 atom stereocenters. The Labute approximate surface area is 151 Å². The highest BCUT2D eigenvalue weighted by Crippen LogP contribution is 2.24. The van der Waals surface area contributed by atoms with Gasteiger partial charge in [0, 0.05) is 22.7 Å². The second kappa shape index (κ2) is 7.91. The third-order valence-electron chi connectivity index (χ3n) is 4.28. The number of carbonyl (C=O) groups is 1. The molecular weight excluding hydrogens is 333 g/mol. The number of carbonyl (C=O) groups excluding carboxylic acids is 1. The third-order valence-corrected chi connectivity index (χ3v) is 4.28. The lowest BCUT2D eigenvalue weighted by atomic mass is 10.0. The molecule has 0 aliphatic carbocycles. The van der Waals surface area contributed by atoms with Crippen LogP contribution in [0.5, 0.6) is 0 Å². The van der Waals surface area contributed by atoms with Gasteiger partial charge < -0.3 is 9.84 Å². The van der Waals surface area contributed by atoms with Gasteiger partial charge in [-0.1, -0.05) is 19.0 Å². The van der Waals surface area contributed by atoms with Crippen LogP contribution in [0.1, 0.15) is 26.7 Å². The number of hydrogen-bond acceptors (Lipinski definition) is 4. The van der Waals surface area contributed by atoms with Crippen molar-refractivity contribution in [1.29, 1.82) is 0 Å². The van der Waals surface area contributed by atoms with Crippen LogP contribution in [-0.4, -0.2) is 16.0 Å². The van der Waals surface area contributed by atoms with E-state index in [-0.39, 0.29) is 17.6 Å². The van der Waals surface area contributed by atoms with Gasteiger partial charge >= 0.3 is 0 Å². The molecule has 1 amide bonds. The first-order chi connectivity index (χ1) is 12.6. The predicted octanol–water partition coefficient (Wildman–Crippen LogP) is 4.92. The smallest absolute Gasteiger partial charge is 0.258 e. The Balaban J connectivity index is 1.73. The maximum atomic E-state index is 13.0. The summed E-state index contributed by atoms with van der Waals surface area (Å²) in [6, 6.07) is 13.1. The molecule has 6 heteroatoms. The molecule has 3 rings (SSSR count). The van der Waals surface area contributed by atoms with Crippen LogP contribution in [-0.2, 0) is 4.79 Å². The van der Waals surface area contributed by atoms with Crippen molar-refractivity contribution in [3.8, 4) is 22.8 Å². The Kier molecular flexibility index (Phi) is 5.41. The molecule has 1 heterocycles. The fraction of sp³-hybridized carbons (Fsp3) is 0.250. The standard InChI is InChI=1S/C20H20FN3O2/c1-3-13(4-2)19(25)22-17-11-7-15(8-12-17)20-23-18(24-26-20)14-5-9-16(21)10-6-14/h5-13H,3-4H2,1-2H3,(H,22,25). The quantitative estimate of drug-likeness (QED) is 0.683. The average Bonchev–Trinajstić information content (AvgIpc) is 3.14. The Morgan fingerprint density at radius 2 is 1.65 bits per heavy atom. The zero-order chi connectivity index (χ0) is 18.5. The summed E-state index contributed by atoms with van der Waals surface area (Å²) in [5.74, 6) is 0.486. The van der Waals surface area contributed by atoms with Crippen LogP contribution in [0.25, 0.3) is 22.8 Å². The van der Waals surface area contributed by atoms with E-state index in [0.717, 1.165) is 24.1 Å². The summed E-state index contributed by atoms with van der Waals surface area (Å²) in [7, 11) is 0. The molecule has 134 valence electrons. The first-order valence-corrected chi connectivity index (χ1v) is 8.61. The minimum Gasteiger partial charge on any atom is -0.334 e. The summed E-state index contributed by atoms with van der Waals surface area (Å²) in [6.07, 6.45) is 1.63. The first-order valence-electron chi connectivity index (χ1n) is 8.61. The molecule has 0 radical (unpaired) electrons. The molecule has 1 N–H and O–H groups in total. The Bertz CT molecular complexity index is 869. The van der Waals surface area contributed by atoms with Crippen molar-refractivity contribution in [2.45, 2.75) is 26.7 Å². The molecule has 0 aliphatic heterocycles. The van der Waals surface area contributed by atoms with Gasteiger partial charge in [-0.25, -0.2) is 4.39 Å². The molecule has 26 heavy (non-hydrogen) atoms. The number of rotatable bonds is 6. The van der Waals surface area contributed by atoms with Crippen LogP contribution < -0.4 is 5.32 Å². The monoisotopic (exact) mass is 353 g/mol. The normalized spacial score (nSPS) is 10.9. The maximum absolute atomic E-state index is 13.0. The van der Waals surface area contributed by atoms with Crippen molar-refractivity contribution in [3.63, 3.8) is 0 Å². The van der Waals surface area contributed by atoms with Crippen LogP contribution in [0, 0.1) is 11.7 Å². The largest absolute Gasteiger partial charge is 0.334 e. The number of hydrogen-bond donors (Lipinski definition) is 1. The van der Waals surface area contributed by atoms with Crippen LogP contribution in [0.3, 0.4) is 0 Å². The van der Waals surface area contributed by atoms with Crippen LogP contribution in [0.15, 0.2) is 53.1 Å². The molecule has 2 aromatic carbocycles. The van der Waals surface area contributed by atoms with Gasteiger partial charge in [-0.2, -0.15) is 4.98 Å². The lowest BCUT2D eigenvalue weighted by Gasteiger charge is -2.12. The zero-order valence-corrected chi connectivity index (χ0v) is 14.7. The molecule has 3 aromatic rings. The SMILES string of the molecule is CCC(CC)C(=O)Nc1ccc(-c2nc(-c3ccc(F)cc3)no2)cc1. The summed E-state index contributed by atoms with van der Waals surface area (Å²) < 4.78 is 18.3. The fourth-order valence-electron chi connectivity index (χ4n) is 2.66. The van der Waals surface area contributed by atoms with Crippen molar-refractivity contribution < 1.29 is 13.7 Å². The summed E-state index contributed by atoms with van der Waals surface area (Å²) in [4.78, 5) is 16.5. The highest BCUT2D eigenvalue weighted by molar-refractivity contribution is 5.92. The number of amides is 1. The van der Waals surface area contributed by atoms with E-state index < -0.39 is 0 Å². The van der Waals surface area contributed by atoms with E-state index in [9.17, 15) is 9.18 Å². The van der Waals surface area contributed by atoms with Gasteiger partial charge in [0.15, 0.2) is 0 Å². The molecule has 0 aliphatic rings. The number of anilines is 1. The molecule has 0 fully saturated rings. The molecule has 5 nitrogen and oxygen atoms in total. The summed E-state index contributed by atoms with van der Waals surface area (Å²) >= 11 is 0. The van der Waals surface area contributed by atoms with E-state index in [1.54, 1.807) is 24.3 Å². The highest BCUT2D eigenvalue weighted by atomic mass is 19.1. The summed E-state index contributed by atoms with van der Waals surface area (Å²) in [5, 5.41) is 6.85. The van der Waals surface area contributed by atoms with Gasteiger partial charge in [-0.05, 0) is 61.4 Å². The lowest BCUT2D eigenvalue weighted by molar-refractivity contribution is -0.120. The fourth-order valence-corrected chi connectivity index (χ4v) is 2.66. The summed E-state index contributed by atoms with van der Waals surface area (Å²) in [6.45, 7) is 4.01. The summed E-state index contributed by atoms with van der Waals surface area (Å²) in [5.41, 5.74) is 2.14. The Morgan fingerprint density at radius 3 is 2.27 bits per heavy atom. The Morgan fingerprint density at radius 1 is 1.04 bits per heavy atom. The molecule has 0 saturated carbocycles. The second-order valence-electron chi connectivity index (χ2n) is 6.01. The van der Waals surface area contributed by atoms with E-state index >= 15 is 0 Å². The minimum absolute atomic E-state index is 0.0175. The van der Waals surface area contributed by atoms with Crippen molar-refractivity contribution in [1.82, 2.24) is 10.1 Å². The van der Waals surface area contributed by atoms with E-state index in [4.69, 9.17) is 4.52 Å². The van der Waals surface area contributed by atoms with Crippen LogP contribution in [0.2, 0.25) is 0 Å². The zero-order valence-electron chi connectivity index (χ0n) is 14.7. The van der Waals surface area contributed by atoms with Crippen molar-refractivity contribution in [3.05, 3.63) is 54.3 Å². The van der Waals surface area contributed by atoms with Gasteiger partial charge in [0.05, 0.1) is 0 Å². The van der Waals surface area contributed by atoms with Gasteiger partial charge in [0.1, 0.15) is 5.82 Å². The topological polar surface area (TPSA) is 68.0 Å². The predicted molar refractivity (Wildman–Crippen MR) is 97.8 cm³/mol. The van der Waals surface area contributed by atoms with Gasteiger partial charge in [-0.15, -0.1) is 0 Å². The van der Waals surface area contributed by atoms with Gasteiger partial charge in [0.25, 0.3) is 5.89 Å². The van der Waals surface area contributed by atoms with Crippen LogP contribution >= 0.6 is 0 Å². The molecule has 0 spiro atoms. The number of benzene rings is 2. The Hall–Kier alpha value is -3.02. The molecule has 0 unspecified atom stereocenters. The second-order valence-corrected chi connectivity index (χ2v) is 6.01. The molecule has 0 bridgehead atoms. The number of nitrogens with one attached hydrogen (secondary N) is 1. The van der Waals surface area contributed by atoms with E-state index in [0.29, 0.717) is 17.3 Å². The molecule has 0 saturated heterocycles.